The molecule has 4 unspecified atom stereocenters. The van der Waals surface area contributed by atoms with E-state index in [0.717, 1.165) is 33.6 Å². The van der Waals surface area contributed by atoms with Crippen molar-refractivity contribution in [1.82, 2.24) is 10.6 Å². The van der Waals surface area contributed by atoms with E-state index in [0.29, 0.717) is 28.4 Å². The van der Waals surface area contributed by atoms with Gasteiger partial charge < -0.3 is 20.2 Å². The summed E-state index contributed by atoms with van der Waals surface area (Å²) in [6.45, 7) is 7.98. The molecule has 0 aromatic heterocycles. The number of hydrogen-bond acceptors (Lipinski definition) is 6. The van der Waals surface area contributed by atoms with Crippen molar-refractivity contribution in [2.45, 2.75) is 81.5 Å². The molecule has 154 valence electrons. The van der Waals surface area contributed by atoms with Gasteiger partial charge >= 0.3 is 0 Å². The van der Waals surface area contributed by atoms with Crippen LogP contribution >= 0.6 is 23.5 Å². The first-order chi connectivity index (χ1) is 13.7. The molecule has 2 N–H and O–H groups in total. The van der Waals surface area contributed by atoms with Crippen molar-refractivity contribution in [3.63, 3.8) is 0 Å². The van der Waals surface area contributed by atoms with Gasteiger partial charge in [-0.25, -0.2) is 0 Å². The predicted molar refractivity (Wildman–Crippen MR) is 128 cm³/mol. The van der Waals surface area contributed by atoms with E-state index in [9.17, 15) is 14.4 Å². The van der Waals surface area contributed by atoms with Gasteiger partial charge in [-0.3, -0.25) is 4.79 Å². The van der Waals surface area contributed by atoms with Crippen molar-refractivity contribution in [2.75, 3.05) is 11.5 Å². The van der Waals surface area contributed by atoms with Crippen molar-refractivity contribution in [1.29, 1.82) is 0 Å². The van der Waals surface area contributed by atoms with Gasteiger partial charge in [0.1, 0.15) is 14.3 Å². The van der Waals surface area contributed by atoms with Crippen LogP contribution in [0.5, 0.6) is 0 Å². The summed E-state index contributed by atoms with van der Waals surface area (Å²) >= 11 is 3.46. The topological polar surface area (TPSA) is 75.3 Å². The lowest BCUT2D eigenvalue weighted by molar-refractivity contribution is -0.124. The molecule has 1 aliphatic rings. The number of carbonyl (C=O) groups excluding carboxylic acids is 3. The van der Waals surface area contributed by atoms with Crippen LogP contribution in [0.25, 0.3) is 0 Å². The zero-order valence-electron chi connectivity index (χ0n) is 17.9. The average molecular weight is 430 g/mol. The zero-order chi connectivity index (χ0) is 22.0. The second-order valence-corrected chi connectivity index (χ2v) is 10.4. The third-order valence-electron chi connectivity index (χ3n) is 5.22. The van der Waals surface area contributed by atoms with Gasteiger partial charge in [-0.05, 0) is 33.1 Å². The molecule has 1 amide bonds. The molecule has 0 aliphatic heterocycles. The summed E-state index contributed by atoms with van der Waals surface area (Å²) in [7, 11) is 13.0. The maximum absolute atomic E-state index is 12.2. The summed E-state index contributed by atoms with van der Waals surface area (Å²) in [6.07, 6.45) is 3.38. The lowest BCUT2D eigenvalue weighted by Gasteiger charge is -2.38. The van der Waals surface area contributed by atoms with E-state index in [-0.39, 0.29) is 28.9 Å². The largest absolute Gasteiger partial charge is 0.346 e. The molecule has 0 heterocycles. The maximum atomic E-state index is 12.2. The highest BCUT2D eigenvalue weighted by molar-refractivity contribution is 8.04. The summed E-state index contributed by atoms with van der Waals surface area (Å²) in [5.41, 5.74) is -0.492. The first kappa shape index (κ1) is 26.8. The highest BCUT2D eigenvalue weighted by Crippen LogP contribution is 2.40. The van der Waals surface area contributed by atoms with Crippen LogP contribution in [0.3, 0.4) is 0 Å². The van der Waals surface area contributed by atoms with Gasteiger partial charge in [0.15, 0.2) is 0 Å². The van der Waals surface area contributed by atoms with Gasteiger partial charge in [0.05, 0.1) is 23.4 Å². The van der Waals surface area contributed by atoms with E-state index in [2.05, 4.69) is 31.4 Å². The Kier molecular flexibility index (Phi) is 12.2. The van der Waals surface area contributed by atoms with Gasteiger partial charge in [0.25, 0.3) is 0 Å². The first-order valence-corrected chi connectivity index (χ1v) is 12.2. The smallest absolute Gasteiger partial charge is 0.220 e. The van der Waals surface area contributed by atoms with Crippen LogP contribution in [-0.4, -0.2) is 86.7 Å². The third kappa shape index (κ3) is 9.18. The number of thioether (sulfide) groups is 2. The Labute approximate surface area is 188 Å². The molecular weight excluding hydrogens is 400 g/mol. The normalized spacial score (nSPS) is 20.8. The Morgan fingerprint density at radius 2 is 1.48 bits per heavy atom. The molecular formula is C18H30B4N2O3S2. The Morgan fingerprint density at radius 1 is 1.00 bits per heavy atom. The summed E-state index contributed by atoms with van der Waals surface area (Å²) < 4.78 is 0. The predicted octanol–water partition coefficient (Wildman–Crippen LogP) is 0.654. The number of hydrogen-bond donors (Lipinski definition) is 2. The Balaban J connectivity index is 2.56. The molecule has 0 bridgehead atoms. The number of rotatable bonds is 15. The molecule has 4 atom stereocenters. The number of amides is 1. The summed E-state index contributed by atoms with van der Waals surface area (Å²) in [6, 6.07) is -0.895. The van der Waals surface area contributed by atoms with Crippen LogP contribution in [0.15, 0.2) is 0 Å². The summed E-state index contributed by atoms with van der Waals surface area (Å²) in [5, 5.41) is 6.96. The fourth-order valence-corrected chi connectivity index (χ4v) is 5.90. The van der Waals surface area contributed by atoms with Crippen molar-refractivity contribution >= 4 is 70.6 Å². The minimum Gasteiger partial charge on any atom is -0.346 e. The molecule has 6 radical (unpaired) electrons. The Hall–Kier alpha value is -0.270. The van der Waals surface area contributed by atoms with Crippen LogP contribution in [0.4, 0.5) is 0 Å². The van der Waals surface area contributed by atoms with Crippen LogP contribution in [0.1, 0.15) is 53.4 Å². The maximum Gasteiger partial charge on any atom is 0.220 e. The van der Waals surface area contributed by atoms with E-state index in [1.165, 1.54) is 0 Å². The molecule has 11 heteroatoms. The molecule has 0 aromatic rings. The average Bonchev–Trinajstić information content (AvgIpc) is 2.69. The third-order valence-corrected chi connectivity index (χ3v) is 8.43. The van der Waals surface area contributed by atoms with E-state index < -0.39 is 6.04 Å². The van der Waals surface area contributed by atoms with Gasteiger partial charge in [0, 0.05) is 49.4 Å². The van der Waals surface area contributed by atoms with Crippen LogP contribution in [0, 0.1) is 0 Å². The highest BCUT2D eigenvalue weighted by Gasteiger charge is 2.34. The Morgan fingerprint density at radius 3 is 1.90 bits per heavy atom. The molecule has 0 aromatic carbocycles. The molecule has 1 saturated carbocycles. The number of nitrogens with one attached hydrogen (secondary N) is 2. The van der Waals surface area contributed by atoms with Crippen molar-refractivity contribution in [2.24, 2.45) is 0 Å². The quantitative estimate of drug-likeness (QED) is 0.372. The van der Waals surface area contributed by atoms with E-state index in [4.69, 9.17) is 15.5 Å². The van der Waals surface area contributed by atoms with Crippen LogP contribution < -0.4 is 10.6 Å². The standard InChI is InChI=1S/C18H30B4N2O3S2/c1-5-15(25)23-11(16(26)21-19)9-28-13-7-8-14(13)29-10-12(17(27)22-20)24-18(3,4)6-2/h11-14,24H,5-10H2,1-4H3,(H,23,25). The van der Waals surface area contributed by atoms with E-state index in [1.54, 1.807) is 30.4 Å². The molecule has 1 aliphatic carbocycles. The first-order valence-electron chi connectivity index (χ1n) is 10.1. The van der Waals surface area contributed by atoms with Crippen molar-refractivity contribution in [3.05, 3.63) is 0 Å². The van der Waals surface area contributed by atoms with Gasteiger partial charge in [-0.2, -0.15) is 23.5 Å². The molecule has 5 nitrogen and oxygen atoms in total. The van der Waals surface area contributed by atoms with Crippen LogP contribution in [0.2, 0.25) is 0 Å². The van der Waals surface area contributed by atoms with Crippen molar-refractivity contribution < 1.29 is 14.4 Å². The molecule has 0 saturated heterocycles. The highest BCUT2D eigenvalue weighted by atomic mass is 32.2. The Bertz CT molecular complexity index is 569. The minimum absolute atomic E-state index is 0.0889. The monoisotopic (exact) mass is 430 g/mol. The van der Waals surface area contributed by atoms with E-state index >= 15 is 0 Å². The fraction of sp³-hybridized carbons (Fsp3) is 0.833. The summed E-state index contributed by atoms with van der Waals surface area (Å²) in [4.78, 5) is 35.8. The molecule has 0 spiro atoms. The van der Waals surface area contributed by atoms with Gasteiger partial charge in [0.2, 0.25) is 5.91 Å². The minimum atomic E-state index is -0.586. The number of carbonyl (C=O) groups is 3. The van der Waals surface area contributed by atoms with Crippen LogP contribution in [-0.2, 0) is 14.4 Å². The summed E-state index contributed by atoms with van der Waals surface area (Å²) in [5.74, 6) is 0.998. The fourth-order valence-electron chi connectivity index (χ4n) is 2.75. The van der Waals surface area contributed by atoms with Gasteiger partial charge in [-0.15, -0.1) is 0 Å². The SMILES string of the molecule is [B][B]C(=O)C(CSC1CCC1SCC(NC(C)(C)CC)C(=O)[B][B])NC(=O)CC. The molecule has 1 rings (SSSR count). The van der Waals surface area contributed by atoms with E-state index in [1.807, 2.05) is 0 Å². The lowest BCUT2D eigenvalue weighted by Crippen LogP contribution is -2.52. The van der Waals surface area contributed by atoms with Crippen molar-refractivity contribution in [3.8, 4) is 0 Å². The van der Waals surface area contributed by atoms with Gasteiger partial charge in [-0.1, -0.05) is 13.8 Å². The second kappa shape index (κ2) is 13.2. The zero-order valence-corrected chi connectivity index (χ0v) is 19.5. The molecule has 1 fully saturated rings. The molecule has 29 heavy (non-hydrogen) atoms. The second-order valence-electron chi connectivity index (χ2n) is 7.87. The lowest BCUT2D eigenvalue weighted by atomic mass is 9.51.